The van der Waals surface area contributed by atoms with Crippen molar-refractivity contribution in [2.75, 3.05) is 18.0 Å². The molecule has 0 amide bonds. The van der Waals surface area contributed by atoms with E-state index in [4.69, 9.17) is 5.73 Å². The van der Waals surface area contributed by atoms with Crippen molar-refractivity contribution in [2.45, 2.75) is 25.4 Å². The third-order valence-corrected chi connectivity index (χ3v) is 5.44. The van der Waals surface area contributed by atoms with E-state index in [1.165, 1.54) is 28.0 Å². The number of aromatic nitrogens is 2. The van der Waals surface area contributed by atoms with E-state index in [1.54, 1.807) is 6.07 Å². The summed E-state index contributed by atoms with van der Waals surface area (Å²) in [5, 5.41) is 1.82. The molecule has 1 aliphatic heterocycles. The lowest BCUT2D eigenvalue weighted by Crippen LogP contribution is -2.45. The Morgan fingerprint density at radius 1 is 1.27 bits per heavy atom. The minimum Gasteiger partial charge on any atom is -0.341 e. The number of halogens is 2. The molecule has 2 aromatic heterocycles. The van der Waals surface area contributed by atoms with Crippen LogP contribution in [0.4, 0.5) is 14.7 Å². The molecule has 0 saturated carbocycles. The number of hydrogen-bond donors (Lipinski definition) is 1. The van der Waals surface area contributed by atoms with Crippen LogP contribution in [0.5, 0.6) is 0 Å². The summed E-state index contributed by atoms with van der Waals surface area (Å²) in [6, 6.07) is 5.11. The summed E-state index contributed by atoms with van der Waals surface area (Å²) in [7, 11) is 0. The summed E-state index contributed by atoms with van der Waals surface area (Å²) in [4.78, 5) is 19.6. The summed E-state index contributed by atoms with van der Waals surface area (Å²) >= 11 is 1.31. The van der Waals surface area contributed by atoms with Crippen molar-refractivity contribution in [2.24, 2.45) is 5.73 Å². The fraction of sp³-hybridized carbons (Fsp3) is 0.333. The lowest BCUT2D eigenvalue weighted by molar-refractivity contribution is 0.491. The van der Waals surface area contributed by atoms with Crippen LogP contribution in [0.1, 0.15) is 18.4 Å². The number of nitrogens with zero attached hydrogens (tertiary/aromatic N) is 3. The predicted octanol–water partition coefficient (Wildman–Crippen LogP) is 2.71. The van der Waals surface area contributed by atoms with Crippen molar-refractivity contribution >= 4 is 27.5 Å². The Labute approximate surface area is 152 Å². The molecule has 1 fully saturated rings. The number of piperidine rings is 1. The Balaban J connectivity index is 1.84. The van der Waals surface area contributed by atoms with Gasteiger partial charge in [0.15, 0.2) is 0 Å². The molecule has 0 aliphatic carbocycles. The SMILES string of the molecule is NC1CCCN(c2nc3ccsc3c(=O)n2Cc2cc(F)cc(F)c2)C1. The highest BCUT2D eigenvalue weighted by atomic mass is 32.1. The van der Waals surface area contributed by atoms with Gasteiger partial charge in [-0.25, -0.2) is 13.8 Å². The van der Waals surface area contributed by atoms with E-state index in [-0.39, 0.29) is 18.1 Å². The van der Waals surface area contributed by atoms with E-state index in [9.17, 15) is 13.6 Å². The van der Waals surface area contributed by atoms with E-state index in [0.717, 1.165) is 25.5 Å². The number of fused-ring (bicyclic) bond motifs is 1. The molecule has 1 saturated heterocycles. The van der Waals surface area contributed by atoms with Gasteiger partial charge in [-0.15, -0.1) is 11.3 Å². The number of benzene rings is 1. The maximum Gasteiger partial charge on any atom is 0.273 e. The summed E-state index contributed by atoms with van der Waals surface area (Å²) in [5.74, 6) is -0.833. The van der Waals surface area contributed by atoms with Gasteiger partial charge in [0.25, 0.3) is 5.56 Å². The van der Waals surface area contributed by atoms with Crippen molar-refractivity contribution in [3.05, 3.63) is 57.2 Å². The van der Waals surface area contributed by atoms with E-state index in [0.29, 0.717) is 28.3 Å². The molecule has 0 radical (unpaired) electrons. The Morgan fingerprint density at radius 3 is 2.77 bits per heavy atom. The van der Waals surface area contributed by atoms with Crippen LogP contribution in [-0.2, 0) is 6.54 Å². The highest BCUT2D eigenvalue weighted by Crippen LogP contribution is 2.23. The Kier molecular flexibility index (Phi) is 4.46. The molecular formula is C18H18F2N4OS. The number of nitrogens with two attached hydrogens (primary N) is 1. The van der Waals surface area contributed by atoms with Crippen LogP contribution in [0.25, 0.3) is 10.2 Å². The summed E-state index contributed by atoms with van der Waals surface area (Å²) in [5.41, 5.74) is 6.89. The van der Waals surface area contributed by atoms with Gasteiger partial charge in [-0.05, 0) is 42.0 Å². The summed E-state index contributed by atoms with van der Waals surface area (Å²) in [6.45, 7) is 1.39. The van der Waals surface area contributed by atoms with E-state index >= 15 is 0 Å². The van der Waals surface area contributed by atoms with Crippen molar-refractivity contribution < 1.29 is 8.78 Å². The minimum atomic E-state index is -0.667. The third-order valence-electron chi connectivity index (χ3n) is 4.55. The van der Waals surface area contributed by atoms with Crippen molar-refractivity contribution in [3.8, 4) is 0 Å². The first-order valence-electron chi connectivity index (χ1n) is 8.45. The molecule has 1 aliphatic rings. The molecule has 26 heavy (non-hydrogen) atoms. The van der Waals surface area contributed by atoms with Crippen LogP contribution in [-0.4, -0.2) is 28.7 Å². The second-order valence-corrected chi connectivity index (χ2v) is 7.48. The fourth-order valence-corrected chi connectivity index (χ4v) is 4.17. The first-order chi connectivity index (χ1) is 12.5. The topological polar surface area (TPSA) is 64.2 Å². The van der Waals surface area contributed by atoms with Crippen molar-refractivity contribution in [3.63, 3.8) is 0 Å². The number of thiophene rings is 1. The van der Waals surface area contributed by atoms with Crippen LogP contribution in [0.2, 0.25) is 0 Å². The first-order valence-corrected chi connectivity index (χ1v) is 9.33. The lowest BCUT2D eigenvalue weighted by atomic mass is 10.1. The molecule has 1 atom stereocenters. The molecule has 5 nitrogen and oxygen atoms in total. The molecular weight excluding hydrogens is 358 g/mol. The molecule has 8 heteroatoms. The molecule has 0 spiro atoms. The zero-order valence-corrected chi connectivity index (χ0v) is 14.8. The number of anilines is 1. The number of rotatable bonds is 3. The van der Waals surface area contributed by atoms with Crippen LogP contribution in [0.15, 0.2) is 34.4 Å². The average Bonchev–Trinajstić information content (AvgIpc) is 3.05. The molecule has 2 N–H and O–H groups in total. The minimum absolute atomic E-state index is 0.0129. The van der Waals surface area contributed by atoms with E-state index in [1.807, 2.05) is 10.3 Å². The summed E-state index contributed by atoms with van der Waals surface area (Å²) < 4.78 is 29.2. The second kappa shape index (κ2) is 6.77. The van der Waals surface area contributed by atoms with Crippen LogP contribution >= 0.6 is 11.3 Å². The molecule has 3 aromatic rings. The van der Waals surface area contributed by atoms with E-state index in [2.05, 4.69) is 4.98 Å². The molecule has 0 bridgehead atoms. The van der Waals surface area contributed by atoms with Crippen molar-refractivity contribution in [1.82, 2.24) is 9.55 Å². The maximum atomic E-state index is 13.6. The standard InChI is InChI=1S/C18H18F2N4OS/c19-12-6-11(7-13(20)8-12)9-24-17(25)16-15(3-5-26-16)22-18(24)23-4-1-2-14(21)10-23/h3,5-8,14H,1-2,4,9-10,21H2. The zero-order chi connectivity index (χ0) is 18.3. The predicted molar refractivity (Wildman–Crippen MR) is 98.8 cm³/mol. The summed E-state index contributed by atoms with van der Waals surface area (Å²) in [6.07, 6.45) is 1.84. The quantitative estimate of drug-likeness (QED) is 0.763. The van der Waals surface area contributed by atoms with Gasteiger partial charge in [0.2, 0.25) is 5.95 Å². The van der Waals surface area contributed by atoms with Crippen LogP contribution in [0, 0.1) is 11.6 Å². The van der Waals surface area contributed by atoms with E-state index < -0.39 is 11.6 Å². The highest BCUT2D eigenvalue weighted by Gasteiger charge is 2.23. The largest absolute Gasteiger partial charge is 0.341 e. The Hall–Kier alpha value is -2.32. The van der Waals surface area contributed by atoms with Gasteiger partial charge in [0.05, 0.1) is 12.1 Å². The first kappa shape index (κ1) is 17.1. The fourth-order valence-electron chi connectivity index (χ4n) is 3.39. The smallest absolute Gasteiger partial charge is 0.273 e. The Bertz CT molecular complexity index is 996. The molecule has 3 heterocycles. The zero-order valence-electron chi connectivity index (χ0n) is 14.0. The second-order valence-electron chi connectivity index (χ2n) is 6.56. The molecule has 136 valence electrons. The third kappa shape index (κ3) is 3.22. The lowest BCUT2D eigenvalue weighted by Gasteiger charge is -2.33. The van der Waals surface area contributed by atoms with Gasteiger partial charge in [0.1, 0.15) is 16.3 Å². The molecule has 4 rings (SSSR count). The van der Waals surface area contributed by atoms with Gasteiger partial charge in [0, 0.05) is 25.2 Å². The maximum absolute atomic E-state index is 13.6. The van der Waals surface area contributed by atoms with Gasteiger partial charge >= 0.3 is 0 Å². The monoisotopic (exact) mass is 376 g/mol. The van der Waals surface area contributed by atoms with Crippen LogP contribution < -0.4 is 16.2 Å². The molecule has 1 unspecified atom stereocenters. The highest BCUT2D eigenvalue weighted by molar-refractivity contribution is 7.17. The molecule has 1 aromatic carbocycles. The normalized spacial score (nSPS) is 17.8. The number of hydrogen-bond acceptors (Lipinski definition) is 5. The Morgan fingerprint density at radius 2 is 2.04 bits per heavy atom. The van der Waals surface area contributed by atoms with Crippen LogP contribution in [0.3, 0.4) is 0 Å². The van der Waals surface area contributed by atoms with Gasteiger partial charge in [-0.1, -0.05) is 0 Å². The van der Waals surface area contributed by atoms with Gasteiger partial charge < -0.3 is 10.6 Å². The van der Waals surface area contributed by atoms with Crippen molar-refractivity contribution in [1.29, 1.82) is 0 Å². The van der Waals surface area contributed by atoms with Gasteiger partial charge in [-0.3, -0.25) is 9.36 Å². The average molecular weight is 376 g/mol. The van der Waals surface area contributed by atoms with Gasteiger partial charge in [-0.2, -0.15) is 0 Å².